The Hall–Kier alpha value is -1.57. The molecule has 1 rings (SSSR count). The number of nitriles is 1. The van der Waals surface area contributed by atoms with Gasteiger partial charge in [-0.2, -0.15) is 5.26 Å². The third kappa shape index (κ3) is 3.98. The van der Waals surface area contributed by atoms with Gasteiger partial charge in [-0.15, -0.1) is 0 Å². The summed E-state index contributed by atoms with van der Waals surface area (Å²) in [4.78, 5) is 0. The predicted molar refractivity (Wildman–Crippen MR) is 56.5 cm³/mol. The van der Waals surface area contributed by atoms with E-state index in [0.717, 1.165) is 0 Å². The lowest BCUT2D eigenvalue weighted by molar-refractivity contribution is 0.106. The minimum Gasteiger partial charge on any atom is -0.490 e. The molecule has 0 heterocycles. The first-order chi connectivity index (χ1) is 7.38. The summed E-state index contributed by atoms with van der Waals surface area (Å²) < 4.78 is 10.5. The standard InChI is InChI=1S/C11H14N2O2/c12-5-6-14-7-8-15-11-4-2-1-3-10(11)9-13/h1-4H,5-8,12H2. The van der Waals surface area contributed by atoms with Crippen molar-refractivity contribution < 1.29 is 9.47 Å². The van der Waals surface area contributed by atoms with Gasteiger partial charge in [-0.25, -0.2) is 0 Å². The summed E-state index contributed by atoms with van der Waals surface area (Å²) >= 11 is 0. The van der Waals surface area contributed by atoms with Crippen LogP contribution in [-0.4, -0.2) is 26.4 Å². The van der Waals surface area contributed by atoms with E-state index in [4.69, 9.17) is 20.5 Å². The highest BCUT2D eigenvalue weighted by molar-refractivity contribution is 5.42. The molecular formula is C11H14N2O2. The van der Waals surface area contributed by atoms with Crippen LogP contribution in [0.25, 0.3) is 0 Å². The van der Waals surface area contributed by atoms with E-state index < -0.39 is 0 Å². The van der Waals surface area contributed by atoms with Crippen molar-refractivity contribution in [1.82, 2.24) is 0 Å². The maximum absolute atomic E-state index is 8.78. The van der Waals surface area contributed by atoms with Crippen molar-refractivity contribution in [2.24, 2.45) is 5.73 Å². The van der Waals surface area contributed by atoms with E-state index in [0.29, 0.717) is 37.7 Å². The minimum atomic E-state index is 0.429. The molecule has 0 spiro atoms. The molecule has 0 aromatic heterocycles. The van der Waals surface area contributed by atoms with Crippen LogP contribution >= 0.6 is 0 Å². The van der Waals surface area contributed by atoms with E-state index in [1.165, 1.54) is 0 Å². The number of para-hydroxylation sites is 1. The van der Waals surface area contributed by atoms with Gasteiger partial charge in [-0.05, 0) is 12.1 Å². The molecule has 1 aromatic carbocycles. The Labute approximate surface area is 89.2 Å². The Morgan fingerprint density at radius 1 is 1.20 bits per heavy atom. The predicted octanol–water partition coefficient (Wildman–Crippen LogP) is 0.912. The second kappa shape index (κ2) is 6.82. The Morgan fingerprint density at radius 3 is 2.73 bits per heavy atom. The lowest BCUT2D eigenvalue weighted by Gasteiger charge is -2.07. The minimum absolute atomic E-state index is 0.429. The van der Waals surface area contributed by atoms with Crippen LogP contribution in [0.2, 0.25) is 0 Å². The molecule has 0 bridgehead atoms. The van der Waals surface area contributed by atoms with Crippen LogP contribution in [0.1, 0.15) is 5.56 Å². The Kier molecular flexibility index (Phi) is 5.23. The smallest absolute Gasteiger partial charge is 0.137 e. The topological polar surface area (TPSA) is 68.3 Å². The summed E-state index contributed by atoms with van der Waals surface area (Å²) in [6.07, 6.45) is 0. The Balaban J connectivity index is 2.34. The number of benzene rings is 1. The van der Waals surface area contributed by atoms with E-state index >= 15 is 0 Å². The summed E-state index contributed by atoms with van der Waals surface area (Å²) in [5, 5.41) is 8.78. The van der Waals surface area contributed by atoms with Crippen LogP contribution in [0.4, 0.5) is 0 Å². The maximum Gasteiger partial charge on any atom is 0.137 e. The van der Waals surface area contributed by atoms with Crippen molar-refractivity contribution >= 4 is 0 Å². The average Bonchev–Trinajstić information content (AvgIpc) is 2.29. The van der Waals surface area contributed by atoms with Gasteiger partial charge in [0.2, 0.25) is 0 Å². The van der Waals surface area contributed by atoms with Crippen LogP contribution < -0.4 is 10.5 Å². The van der Waals surface area contributed by atoms with Crippen molar-refractivity contribution in [3.05, 3.63) is 29.8 Å². The van der Waals surface area contributed by atoms with Gasteiger partial charge in [-0.1, -0.05) is 12.1 Å². The molecule has 0 unspecified atom stereocenters. The zero-order valence-electron chi connectivity index (χ0n) is 8.48. The first-order valence-corrected chi connectivity index (χ1v) is 4.78. The van der Waals surface area contributed by atoms with E-state index in [9.17, 15) is 0 Å². The molecule has 4 nitrogen and oxygen atoms in total. The molecule has 80 valence electrons. The third-order valence-electron chi connectivity index (χ3n) is 1.75. The van der Waals surface area contributed by atoms with Gasteiger partial charge in [0.05, 0.1) is 18.8 Å². The van der Waals surface area contributed by atoms with Gasteiger partial charge < -0.3 is 15.2 Å². The van der Waals surface area contributed by atoms with Crippen molar-refractivity contribution in [3.8, 4) is 11.8 Å². The Bertz CT molecular complexity index is 334. The van der Waals surface area contributed by atoms with Crippen LogP contribution in [0, 0.1) is 11.3 Å². The van der Waals surface area contributed by atoms with Gasteiger partial charge in [-0.3, -0.25) is 0 Å². The molecule has 1 aromatic rings. The van der Waals surface area contributed by atoms with Crippen molar-refractivity contribution in [2.45, 2.75) is 0 Å². The number of hydrogen-bond donors (Lipinski definition) is 1. The molecule has 15 heavy (non-hydrogen) atoms. The number of nitrogens with two attached hydrogens (primary N) is 1. The molecule has 0 atom stereocenters. The average molecular weight is 206 g/mol. The summed E-state index contributed by atoms with van der Waals surface area (Å²) in [5.74, 6) is 0.594. The van der Waals surface area contributed by atoms with E-state index in [1.54, 1.807) is 18.2 Å². The van der Waals surface area contributed by atoms with Gasteiger partial charge in [0.15, 0.2) is 0 Å². The quantitative estimate of drug-likeness (QED) is 0.702. The normalized spacial score (nSPS) is 9.60. The zero-order chi connectivity index (χ0) is 10.9. The van der Waals surface area contributed by atoms with Gasteiger partial charge in [0.25, 0.3) is 0 Å². The number of ether oxygens (including phenoxy) is 2. The number of hydrogen-bond acceptors (Lipinski definition) is 4. The Morgan fingerprint density at radius 2 is 2.00 bits per heavy atom. The molecule has 0 aliphatic carbocycles. The molecule has 0 saturated heterocycles. The molecule has 0 aliphatic heterocycles. The first kappa shape index (κ1) is 11.5. The van der Waals surface area contributed by atoms with E-state index in [-0.39, 0.29) is 0 Å². The number of nitrogens with zero attached hydrogens (tertiary/aromatic N) is 1. The second-order valence-corrected chi connectivity index (χ2v) is 2.86. The highest BCUT2D eigenvalue weighted by Crippen LogP contribution is 2.15. The van der Waals surface area contributed by atoms with Gasteiger partial charge in [0, 0.05) is 6.54 Å². The maximum atomic E-state index is 8.78. The van der Waals surface area contributed by atoms with Gasteiger partial charge >= 0.3 is 0 Å². The highest BCUT2D eigenvalue weighted by atomic mass is 16.5. The highest BCUT2D eigenvalue weighted by Gasteiger charge is 2.00. The van der Waals surface area contributed by atoms with Crippen LogP contribution in [-0.2, 0) is 4.74 Å². The SMILES string of the molecule is N#Cc1ccccc1OCCOCCN. The van der Waals surface area contributed by atoms with Crippen molar-refractivity contribution in [1.29, 1.82) is 5.26 Å². The van der Waals surface area contributed by atoms with E-state index in [1.807, 2.05) is 6.07 Å². The summed E-state index contributed by atoms with van der Waals surface area (Å²) in [7, 11) is 0. The van der Waals surface area contributed by atoms with Crippen LogP contribution in [0.5, 0.6) is 5.75 Å². The van der Waals surface area contributed by atoms with Crippen LogP contribution in [0.3, 0.4) is 0 Å². The first-order valence-electron chi connectivity index (χ1n) is 4.78. The monoisotopic (exact) mass is 206 g/mol. The fourth-order valence-corrected chi connectivity index (χ4v) is 1.08. The van der Waals surface area contributed by atoms with Crippen molar-refractivity contribution in [3.63, 3.8) is 0 Å². The lowest BCUT2D eigenvalue weighted by Crippen LogP contribution is -2.13. The molecule has 0 saturated carbocycles. The number of rotatable bonds is 6. The van der Waals surface area contributed by atoms with Gasteiger partial charge in [0.1, 0.15) is 18.4 Å². The molecule has 0 amide bonds. The fraction of sp³-hybridized carbons (Fsp3) is 0.364. The zero-order valence-corrected chi connectivity index (χ0v) is 8.48. The molecule has 2 N–H and O–H groups in total. The third-order valence-corrected chi connectivity index (χ3v) is 1.75. The summed E-state index contributed by atoms with van der Waals surface area (Å²) in [6.45, 7) is 1.95. The molecule has 0 aliphatic rings. The summed E-state index contributed by atoms with van der Waals surface area (Å²) in [5.41, 5.74) is 5.80. The van der Waals surface area contributed by atoms with E-state index in [2.05, 4.69) is 6.07 Å². The lowest BCUT2D eigenvalue weighted by atomic mass is 10.2. The molecule has 4 heteroatoms. The molecule has 0 radical (unpaired) electrons. The fourth-order valence-electron chi connectivity index (χ4n) is 1.08. The molecule has 0 fully saturated rings. The molecular weight excluding hydrogens is 192 g/mol. The summed E-state index contributed by atoms with van der Waals surface area (Å²) in [6, 6.07) is 9.18. The van der Waals surface area contributed by atoms with Crippen LogP contribution in [0.15, 0.2) is 24.3 Å². The second-order valence-electron chi connectivity index (χ2n) is 2.86. The largest absolute Gasteiger partial charge is 0.490 e. The van der Waals surface area contributed by atoms with Crippen molar-refractivity contribution in [2.75, 3.05) is 26.4 Å².